The second kappa shape index (κ2) is 5.68. The monoisotopic (exact) mass is 284 g/mol. The predicted molar refractivity (Wildman–Crippen MR) is 69.1 cm³/mol. The number of ether oxygens (including phenoxy) is 1. The van der Waals surface area contributed by atoms with Crippen LogP contribution in [-0.4, -0.2) is 34.1 Å². The summed E-state index contributed by atoms with van der Waals surface area (Å²) in [5, 5.41) is 0. The van der Waals surface area contributed by atoms with Crippen molar-refractivity contribution in [3.8, 4) is 0 Å². The number of nitrogens with one attached hydrogen (secondary N) is 1. The van der Waals surface area contributed by atoms with Crippen LogP contribution in [0.3, 0.4) is 0 Å². The van der Waals surface area contributed by atoms with Crippen molar-refractivity contribution in [1.29, 1.82) is 0 Å². The SMILES string of the molecule is NC(=O)c1ccc(S(=O)(=O)NCC2CCOC2)cc1. The van der Waals surface area contributed by atoms with E-state index in [1.54, 1.807) is 0 Å². The van der Waals surface area contributed by atoms with Gasteiger partial charge in [0.15, 0.2) is 0 Å². The smallest absolute Gasteiger partial charge is 0.248 e. The molecule has 104 valence electrons. The second-order valence-electron chi connectivity index (χ2n) is 4.47. The fraction of sp³-hybridized carbons (Fsp3) is 0.417. The molecule has 0 bridgehead atoms. The van der Waals surface area contributed by atoms with Crippen LogP contribution in [-0.2, 0) is 14.8 Å². The molecular weight excluding hydrogens is 268 g/mol. The van der Waals surface area contributed by atoms with Gasteiger partial charge in [0.2, 0.25) is 15.9 Å². The van der Waals surface area contributed by atoms with E-state index in [1.165, 1.54) is 24.3 Å². The van der Waals surface area contributed by atoms with Gasteiger partial charge in [0.25, 0.3) is 0 Å². The van der Waals surface area contributed by atoms with Gasteiger partial charge >= 0.3 is 0 Å². The van der Waals surface area contributed by atoms with E-state index < -0.39 is 15.9 Å². The van der Waals surface area contributed by atoms with Crippen molar-refractivity contribution < 1.29 is 17.9 Å². The van der Waals surface area contributed by atoms with Crippen LogP contribution < -0.4 is 10.5 Å². The Morgan fingerprint density at radius 1 is 1.37 bits per heavy atom. The average molecular weight is 284 g/mol. The summed E-state index contributed by atoms with van der Waals surface area (Å²) in [6.07, 6.45) is 0.864. The molecule has 19 heavy (non-hydrogen) atoms. The van der Waals surface area contributed by atoms with Gasteiger partial charge < -0.3 is 10.5 Å². The van der Waals surface area contributed by atoms with Gasteiger partial charge in [0, 0.05) is 18.7 Å². The standard InChI is InChI=1S/C12H16N2O4S/c13-12(15)10-1-3-11(4-2-10)19(16,17)14-7-9-5-6-18-8-9/h1-4,9,14H,5-8H2,(H2,13,15). The number of benzene rings is 1. The van der Waals surface area contributed by atoms with Crippen LogP contribution in [0.1, 0.15) is 16.8 Å². The van der Waals surface area contributed by atoms with Crippen molar-refractivity contribution in [2.24, 2.45) is 11.7 Å². The van der Waals surface area contributed by atoms with Crippen LogP contribution in [0.15, 0.2) is 29.2 Å². The Labute approximate surface area is 112 Å². The fourth-order valence-electron chi connectivity index (χ4n) is 1.85. The van der Waals surface area contributed by atoms with Gasteiger partial charge in [-0.2, -0.15) is 0 Å². The Morgan fingerprint density at radius 2 is 2.05 bits per heavy atom. The van der Waals surface area contributed by atoms with E-state index in [0.717, 1.165) is 6.42 Å². The highest BCUT2D eigenvalue weighted by Gasteiger charge is 2.20. The number of carbonyl (C=O) groups excluding carboxylic acids is 1. The van der Waals surface area contributed by atoms with E-state index in [2.05, 4.69) is 4.72 Å². The van der Waals surface area contributed by atoms with E-state index in [4.69, 9.17) is 10.5 Å². The van der Waals surface area contributed by atoms with E-state index in [9.17, 15) is 13.2 Å². The number of hydrogen-bond donors (Lipinski definition) is 2. The van der Waals surface area contributed by atoms with Crippen LogP contribution in [0.2, 0.25) is 0 Å². The minimum atomic E-state index is -3.55. The lowest BCUT2D eigenvalue weighted by atomic mass is 10.1. The van der Waals surface area contributed by atoms with Crippen molar-refractivity contribution in [3.05, 3.63) is 29.8 Å². The first-order valence-electron chi connectivity index (χ1n) is 5.96. The van der Waals surface area contributed by atoms with Crippen LogP contribution in [0, 0.1) is 5.92 Å². The normalized spacial score (nSPS) is 19.5. The zero-order valence-electron chi connectivity index (χ0n) is 10.3. The summed E-state index contributed by atoms with van der Waals surface area (Å²) < 4.78 is 31.7. The molecule has 1 heterocycles. The van der Waals surface area contributed by atoms with Crippen molar-refractivity contribution in [1.82, 2.24) is 4.72 Å². The molecule has 1 aliphatic heterocycles. The first kappa shape index (κ1) is 14.0. The quantitative estimate of drug-likeness (QED) is 0.801. The largest absolute Gasteiger partial charge is 0.381 e. The molecule has 1 aromatic carbocycles. The van der Waals surface area contributed by atoms with Crippen LogP contribution in [0.5, 0.6) is 0 Å². The summed E-state index contributed by atoms with van der Waals surface area (Å²) in [6.45, 7) is 1.63. The Bertz CT molecular complexity index is 548. The average Bonchev–Trinajstić information content (AvgIpc) is 2.90. The van der Waals surface area contributed by atoms with Gasteiger partial charge in [0.1, 0.15) is 0 Å². The zero-order valence-corrected chi connectivity index (χ0v) is 11.2. The lowest BCUT2D eigenvalue weighted by Gasteiger charge is -2.10. The number of hydrogen-bond acceptors (Lipinski definition) is 4. The summed E-state index contributed by atoms with van der Waals surface area (Å²) in [7, 11) is -3.55. The summed E-state index contributed by atoms with van der Waals surface area (Å²) in [4.78, 5) is 11.0. The maximum Gasteiger partial charge on any atom is 0.248 e. The molecule has 7 heteroatoms. The fourth-order valence-corrected chi connectivity index (χ4v) is 2.97. The summed E-state index contributed by atoms with van der Waals surface area (Å²) >= 11 is 0. The summed E-state index contributed by atoms with van der Waals surface area (Å²) in [5.74, 6) is -0.361. The maximum absolute atomic E-state index is 12.0. The number of rotatable bonds is 5. The number of nitrogens with two attached hydrogens (primary N) is 1. The van der Waals surface area contributed by atoms with Crippen LogP contribution >= 0.6 is 0 Å². The molecule has 0 aromatic heterocycles. The molecule has 6 nitrogen and oxygen atoms in total. The summed E-state index contributed by atoms with van der Waals surface area (Å²) in [5.41, 5.74) is 5.38. The molecule has 0 saturated carbocycles. The Balaban J connectivity index is 2.03. The minimum Gasteiger partial charge on any atom is -0.381 e. The molecule has 1 aliphatic rings. The third-order valence-corrected chi connectivity index (χ3v) is 4.47. The van der Waals surface area contributed by atoms with E-state index in [-0.39, 0.29) is 16.4 Å². The third-order valence-electron chi connectivity index (χ3n) is 3.04. The molecule has 1 amide bonds. The van der Waals surface area contributed by atoms with Gasteiger partial charge in [-0.3, -0.25) is 4.79 Å². The Kier molecular flexibility index (Phi) is 4.18. The van der Waals surface area contributed by atoms with Crippen molar-refractivity contribution >= 4 is 15.9 Å². The first-order chi connectivity index (χ1) is 8.99. The van der Waals surface area contributed by atoms with E-state index in [1.807, 2.05) is 0 Å². The van der Waals surface area contributed by atoms with Gasteiger partial charge in [-0.25, -0.2) is 13.1 Å². The second-order valence-corrected chi connectivity index (χ2v) is 6.24. The topological polar surface area (TPSA) is 98.5 Å². The Morgan fingerprint density at radius 3 is 2.58 bits per heavy atom. The number of primary amides is 1. The lowest BCUT2D eigenvalue weighted by Crippen LogP contribution is -2.29. The number of amides is 1. The zero-order chi connectivity index (χ0) is 13.9. The molecule has 0 aliphatic carbocycles. The maximum atomic E-state index is 12.0. The van der Waals surface area contributed by atoms with Crippen molar-refractivity contribution in [3.63, 3.8) is 0 Å². The van der Waals surface area contributed by atoms with E-state index >= 15 is 0 Å². The number of carbonyl (C=O) groups is 1. The third kappa shape index (κ3) is 3.52. The van der Waals surface area contributed by atoms with E-state index in [0.29, 0.717) is 19.8 Å². The molecule has 1 aromatic rings. The molecule has 2 rings (SSSR count). The molecule has 1 saturated heterocycles. The summed E-state index contributed by atoms with van der Waals surface area (Å²) in [6, 6.07) is 5.53. The molecule has 1 unspecified atom stereocenters. The van der Waals surface area contributed by atoms with Crippen LogP contribution in [0.4, 0.5) is 0 Å². The van der Waals surface area contributed by atoms with Crippen molar-refractivity contribution in [2.45, 2.75) is 11.3 Å². The van der Waals surface area contributed by atoms with Gasteiger partial charge in [-0.15, -0.1) is 0 Å². The lowest BCUT2D eigenvalue weighted by molar-refractivity contribution is 0.1000. The van der Waals surface area contributed by atoms with Gasteiger partial charge in [-0.1, -0.05) is 0 Å². The van der Waals surface area contributed by atoms with Gasteiger partial charge in [0.05, 0.1) is 11.5 Å². The molecule has 0 radical (unpaired) electrons. The molecule has 3 N–H and O–H groups in total. The first-order valence-corrected chi connectivity index (χ1v) is 7.44. The predicted octanol–water partition coefficient (Wildman–Crippen LogP) is 0.100. The minimum absolute atomic E-state index is 0.122. The molecule has 1 fully saturated rings. The highest BCUT2D eigenvalue weighted by atomic mass is 32.2. The van der Waals surface area contributed by atoms with Gasteiger partial charge in [-0.05, 0) is 36.6 Å². The molecule has 0 spiro atoms. The van der Waals surface area contributed by atoms with Crippen LogP contribution in [0.25, 0.3) is 0 Å². The number of sulfonamides is 1. The Hall–Kier alpha value is -1.44. The highest BCUT2D eigenvalue weighted by molar-refractivity contribution is 7.89. The molecule has 1 atom stereocenters. The highest BCUT2D eigenvalue weighted by Crippen LogP contribution is 2.14. The molecular formula is C12H16N2O4S. The van der Waals surface area contributed by atoms with Crippen molar-refractivity contribution in [2.75, 3.05) is 19.8 Å².